The van der Waals surface area contributed by atoms with Crippen LogP contribution in [0.1, 0.15) is 67.7 Å². The maximum Gasteiger partial charge on any atom is 0.303 e. The van der Waals surface area contributed by atoms with Gasteiger partial charge in [-0.1, -0.05) is 27.4 Å². The minimum atomic E-state index is -1.35. The Hall–Kier alpha value is -2.75. The molecule has 0 aliphatic heterocycles. The van der Waals surface area contributed by atoms with Crippen LogP contribution in [0.15, 0.2) is 12.2 Å². The second-order valence-electron chi connectivity index (χ2n) is 12.3. The predicted molar refractivity (Wildman–Crippen MR) is 131 cm³/mol. The van der Waals surface area contributed by atoms with Crippen LogP contribution in [0.3, 0.4) is 0 Å². The molecule has 210 valence electrons. The molecule has 0 radical (unpaired) electrons. The van der Waals surface area contributed by atoms with Crippen LogP contribution in [0.5, 0.6) is 0 Å². The summed E-state index contributed by atoms with van der Waals surface area (Å²) in [6.07, 6.45) is -4.31. The van der Waals surface area contributed by atoms with Crippen molar-refractivity contribution in [2.24, 2.45) is 34.0 Å². The number of aliphatic hydroxyl groups excluding tert-OH is 1. The standard InChI is InChI=1S/C28H38O10/c1-12-17-11-28(25(12)34)21(37-15(4)31)9-18-26(6,7)19(35-13(2)29)10-20(36-14(3)30)27(18,8)24(28)23(22(17)33)38-16(5)32/h17-24,33H,1,9-11H2,2-8H3. The van der Waals surface area contributed by atoms with Gasteiger partial charge in [0.25, 0.3) is 0 Å². The topological polar surface area (TPSA) is 143 Å². The molecule has 2 bridgehead atoms. The van der Waals surface area contributed by atoms with Gasteiger partial charge in [0.1, 0.15) is 24.4 Å². The Morgan fingerprint density at radius 1 is 0.816 bits per heavy atom. The fourth-order valence-electron chi connectivity index (χ4n) is 8.61. The molecule has 10 nitrogen and oxygen atoms in total. The molecule has 0 amide bonds. The molecule has 1 spiro atoms. The van der Waals surface area contributed by atoms with Gasteiger partial charge in [0.05, 0.1) is 11.5 Å². The van der Waals surface area contributed by atoms with Gasteiger partial charge in [0.2, 0.25) is 0 Å². The largest absolute Gasteiger partial charge is 0.462 e. The van der Waals surface area contributed by atoms with E-state index in [0.29, 0.717) is 0 Å². The second-order valence-corrected chi connectivity index (χ2v) is 12.3. The van der Waals surface area contributed by atoms with E-state index in [-0.39, 0.29) is 30.6 Å². The van der Waals surface area contributed by atoms with E-state index in [9.17, 15) is 29.1 Å². The number of rotatable bonds is 4. The highest BCUT2D eigenvalue weighted by atomic mass is 16.6. The molecule has 1 N–H and O–H groups in total. The van der Waals surface area contributed by atoms with Crippen molar-refractivity contribution >= 4 is 29.7 Å². The molecular formula is C28H38O10. The van der Waals surface area contributed by atoms with Gasteiger partial charge in [-0.05, 0) is 24.3 Å². The SMILES string of the molecule is C=C1C(=O)C23CC1C(O)C(OC(C)=O)C2C1(C)C(OC(C)=O)CC(OC(C)=O)C(C)(C)C1CC3OC(C)=O. The number of aliphatic hydroxyl groups is 1. The molecule has 0 aromatic carbocycles. The Balaban J connectivity index is 2.01. The molecule has 4 saturated carbocycles. The fraction of sp³-hybridized carbons (Fsp3) is 0.750. The van der Waals surface area contributed by atoms with Crippen LogP contribution in [0.2, 0.25) is 0 Å². The van der Waals surface area contributed by atoms with E-state index in [4.69, 9.17) is 18.9 Å². The molecule has 4 aliphatic rings. The van der Waals surface area contributed by atoms with Crippen molar-refractivity contribution < 1.29 is 48.0 Å². The van der Waals surface area contributed by atoms with Crippen molar-refractivity contribution in [1.82, 2.24) is 0 Å². The summed E-state index contributed by atoms with van der Waals surface area (Å²) in [4.78, 5) is 63.2. The van der Waals surface area contributed by atoms with Crippen molar-refractivity contribution in [3.63, 3.8) is 0 Å². The van der Waals surface area contributed by atoms with Gasteiger partial charge in [0.15, 0.2) is 5.78 Å². The van der Waals surface area contributed by atoms with Crippen LogP contribution in [0.25, 0.3) is 0 Å². The highest BCUT2D eigenvalue weighted by Crippen LogP contribution is 2.72. The molecule has 0 aromatic heterocycles. The van der Waals surface area contributed by atoms with E-state index in [1.807, 2.05) is 20.8 Å². The molecule has 4 aliphatic carbocycles. The number of hydrogen-bond donors (Lipinski definition) is 1. The third kappa shape index (κ3) is 3.89. The van der Waals surface area contributed by atoms with Crippen molar-refractivity contribution in [3.8, 4) is 0 Å². The summed E-state index contributed by atoms with van der Waals surface area (Å²) in [5.74, 6) is -4.63. The lowest BCUT2D eigenvalue weighted by molar-refractivity contribution is -0.289. The van der Waals surface area contributed by atoms with Crippen LogP contribution in [0.4, 0.5) is 0 Å². The fourth-order valence-corrected chi connectivity index (χ4v) is 8.61. The number of ketones is 1. The summed E-state index contributed by atoms with van der Waals surface area (Å²) >= 11 is 0. The molecule has 4 fully saturated rings. The first-order valence-electron chi connectivity index (χ1n) is 13.1. The molecule has 4 rings (SSSR count). The summed E-state index contributed by atoms with van der Waals surface area (Å²) < 4.78 is 23.3. The van der Waals surface area contributed by atoms with Gasteiger partial charge in [0, 0.05) is 56.8 Å². The lowest BCUT2D eigenvalue weighted by atomic mass is 9.38. The minimum Gasteiger partial charge on any atom is -0.462 e. The minimum absolute atomic E-state index is 0.144. The Labute approximate surface area is 222 Å². The van der Waals surface area contributed by atoms with Crippen LogP contribution < -0.4 is 0 Å². The Morgan fingerprint density at radius 2 is 1.32 bits per heavy atom. The molecule has 10 heteroatoms. The van der Waals surface area contributed by atoms with Crippen molar-refractivity contribution in [1.29, 1.82) is 0 Å². The summed E-state index contributed by atoms with van der Waals surface area (Å²) in [5, 5.41) is 11.5. The first-order chi connectivity index (χ1) is 17.5. The van der Waals surface area contributed by atoms with E-state index >= 15 is 0 Å². The van der Waals surface area contributed by atoms with E-state index < -0.39 is 88.4 Å². The summed E-state index contributed by atoms with van der Waals surface area (Å²) in [5.41, 5.74) is -2.93. The van der Waals surface area contributed by atoms with Gasteiger partial charge in [-0.25, -0.2) is 0 Å². The zero-order chi connectivity index (χ0) is 28.5. The summed E-state index contributed by atoms with van der Waals surface area (Å²) in [6.45, 7) is 14.8. The van der Waals surface area contributed by atoms with Crippen LogP contribution in [0, 0.1) is 34.0 Å². The van der Waals surface area contributed by atoms with Crippen molar-refractivity contribution in [2.75, 3.05) is 0 Å². The predicted octanol–water partition coefficient (Wildman–Crippen LogP) is 2.29. The number of carbonyl (C=O) groups excluding carboxylic acids is 5. The van der Waals surface area contributed by atoms with Crippen LogP contribution in [-0.2, 0) is 42.9 Å². The number of Topliss-reactive ketones (excluding diaryl/α,β-unsaturated/α-hetero) is 1. The van der Waals surface area contributed by atoms with Crippen LogP contribution >= 0.6 is 0 Å². The zero-order valence-electron chi connectivity index (χ0n) is 23.1. The lowest BCUT2D eigenvalue weighted by Gasteiger charge is -2.68. The van der Waals surface area contributed by atoms with Gasteiger partial charge < -0.3 is 24.1 Å². The smallest absolute Gasteiger partial charge is 0.303 e. The van der Waals surface area contributed by atoms with Gasteiger partial charge >= 0.3 is 23.9 Å². The van der Waals surface area contributed by atoms with E-state index in [2.05, 4.69) is 6.58 Å². The molecule has 0 aromatic rings. The van der Waals surface area contributed by atoms with E-state index in [0.717, 1.165) is 0 Å². The number of ether oxygens (including phenoxy) is 4. The first-order valence-corrected chi connectivity index (χ1v) is 13.1. The van der Waals surface area contributed by atoms with Gasteiger partial charge in [-0.15, -0.1) is 0 Å². The molecule has 0 saturated heterocycles. The summed E-state index contributed by atoms with van der Waals surface area (Å²) in [7, 11) is 0. The Bertz CT molecular complexity index is 1090. The van der Waals surface area contributed by atoms with Gasteiger partial charge in [-0.3, -0.25) is 24.0 Å². The molecule has 0 heterocycles. The van der Waals surface area contributed by atoms with Crippen molar-refractivity contribution in [2.45, 2.75) is 98.2 Å². The number of esters is 4. The second kappa shape index (κ2) is 9.17. The third-order valence-electron chi connectivity index (χ3n) is 9.87. The average molecular weight is 535 g/mol. The average Bonchev–Trinajstić information content (AvgIpc) is 2.99. The maximum atomic E-state index is 14.1. The van der Waals surface area contributed by atoms with Crippen molar-refractivity contribution in [3.05, 3.63) is 12.2 Å². The van der Waals surface area contributed by atoms with Gasteiger partial charge in [-0.2, -0.15) is 0 Å². The zero-order valence-corrected chi connectivity index (χ0v) is 23.1. The van der Waals surface area contributed by atoms with Crippen LogP contribution in [-0.4, -0.2) is 65.3 Å². The molecular weight excluding hydrogens is 496 g/mol. The van der Waals surface area contributed by atoms with E-state index in [1.165, 1.54) is 27.7 Å². The summed E-state index contributed by atoms with van der Waals surface area (Å²) in [6, 6.07) is 0. The Morgan fingerprint density at radius 3 is 1.84 bits per heavy atom. The number of carbonyl (C=O) groups is 5. The highest BCUT2D eigenvalue weighted by molar-refractivity contribution is 6.04. The van der Waals surface area contributed by atoms with E-state index in [1.54, 1.807) is 0 Å². The maximum absolute atomic E-state index is 14.1. The first kappa shape index (κ1) is 28.3. The quantitative estimate of drug-likeness (QED) is 0.324. The highest BCUT2D eigenvalue weighted by Gasteiger charge is 2.78. The number of hydrogen-bond acceptors (Lipinski definition) is 10. The molecule has 10 unspecified atom stereocenters. The molecule has 38 heavy (non-hydrogen) atoms. The lowest BCUT2D eigenvalue weighted by Crippen LogP contribution is -2.74. The normalized spacial score (nSPS) is 42.8. The monoisotopic (exact) mass is 534 g/mol. The number of fused-ring (bicyclic) bond motifs is 3. The molecule has 10 atom stereocenters. The third-order valence-corrected chi connectivity index (χ3v) is 9.87. The Kier molecular flexibility index (Phi) is 6.82.